The molecule has 0 spiro atoms. The fourth-order valence-electron chi connectivity index (χ4n) is 2.01. The van der Waals surface area contributed by atoms with Crippen molar-refractivity contribution < 1.29 is 4.79 Å². The minimum Gasteiger partial charge on any atom is -0.338 e. The lowest BCUT2D eigenvalue weighted by Gasteiger charge is -2.15. The number of halogens is 1. The molecule has 2 unspecified atom stereocenters. The summed E-state index contributed by atoms with van der Waals surface area (Å²) < 4.78 is 0.707. The zero-order valence-electron chi connectivity index (χ0n) is 9.48. The largest absolute Gasteiger partial charge is 0.338 e. The van der Waals surface area contributed by atoms with Crippen molar-refractivity contribution in [1.82, 2.24) is 9.88 Å². The van der Waals surface area contributed by atoms with Crippen LogP contribution in [-0.4, -0.2) is 28.9 Å². The number of carbonyl (C=O) groups excluding carboxylic acids is 1. The average Bonchev–Trinajstić information content (AvgIpc) is 2.58. The lowest BCUT2D eigenvalue weighted by atomic mass is 10.0. The van der Waals surface area contributed by atoms with Crippen LogP contribution in [0.25, 0.3) is 0 Å². The number of likely N-dealkylation sites (tertiary alicyclic amines) is 1. The molecule has 16 heavy (non-hydrogen) atoms. The summed E-state index contributed by atoms with van der Waals surface area (Å²) in [5.74, 6) is 1.29. The highest BCUT2D eigenvalue weighted by Crippen LogP contribution is 2.24. The monoisotopic (exact) mass is 282 g/mol. The van der Waals surface area contributed by atoms with E-state index >= 15 is 0 Å². The van der Waals surface area contributed by atoms with Crippen LogP contribution in [0.1, 0.15) is 24.2 Å². The van der Waals surface area contributed by atoms with Gasteiger partial charge in [-0.1, -0.05) is 13.8 Å². The minimum atomic E-state index is 0.110. The van der Waals surface area contributed by atoms with Gasteiger partial charge in [-0.05, 0) is 39.9 Å². The Morgan fingerprint density at radius 2 is 2.06 bits per heavy atom. The predicted molar refractivity (Wildman–Crippen MR) is 66.2 cm³/mol. The number of nitrogens with zero attached hydrogens (tertiary/aromatic N) is 2. The maximum absolute atomic E-state index is 12.2. The number of pyridine rings is 1. The average molecular weight is 283 g/mol. The molecule has 4 heteroatoms. The van der Waals surface area contributed by atoms with Crippen molar-refractivity contribution in [3.05, 3.63) is 28.5 Å². The fourth-order valence-corrected chi connectivity index (χ4v) is 2.38. The molecule has 0 bridgehead atoms. The standard InChI is InChI=1S/C12H15BrN2O/c1-8-6-15(7-9(8)2)12(16)10-3-4-14-11(13)5-10/h3-5,8-9H,6-7H2,1-2H3. The van der Waals surface area contributed by atoms with Gasteiger partial charge in [-0.3, -0.25) is 4.79 Å². The van der Waals surface area contributed by atoms with Crippen molar-refractivity contribution in [2.75, 3.05) is 13.1 Å². The van der Waals surface area contributed by atoms with Gasteiger partial charge in [-0.15, -0.1) is 0 Å². The molecule has 86 valence electrons. The van der Waals surface area contributed by atoms with Crippen molar-refractivity contribution in [2.45, 2.75) is 13.8 Å². The number of carbonyl (C=O) groups is 1. The molecule has 1 aromatic rings. The molecule has 0 N–H and O–H groups in total. The van der Waals surface area contributed by atoms with Crippen molar-refractivity contribution in [1.29, 1.82) is 0 Å². The third-order valence-electron chi connectivity index (χ3n) is 3.25. The minimum absolute atomic E-state index is 0.110. The molecule has 0 saturated carbocycles. The van der Waals surface area contributed by atoms with Crippen LogP contribution in [0, 0.1) is 11.8 Å². The Morgan fingerprint density at radius 3 is 2.62 bits per heavy atom. The van der Waals surface area contributed by atoms with Crippen LogP contribution in [0.2, 0.25) is 0 Å². The maximum atomic E-state index is 12.2. The summed E-state index contributed by atoms with van der Waals surface area (Å²) in [7, 11) is 0. The van der Waals surface area contributed by atoms with Gasteiger partial charge in [0.05, 0.1) is 0 Å². The second-order valence-electron chi connectivity index (χ2n) is 4.53. The highest BCUT2D eigenvalue weighted by molar-refractivity contribution is 9.10. The van der Waals surface area contributed by atoms with Gasteiger partial charge >= 0.3 is 0 Å². The third-order valence-corrected chi connectivity index (χ3v) is 3.68. The molecule has 1 fully saturated rings. The molecule has 2 heterocycles. The number of hydrogen-bond acceptors (Lipinski definition) is 2. The van der Waals surface area contributed by atoms with Crippen LogP contribution in [0.4, 0.5) is 0 Å². The number of amides is 1. The lowest BCUT2D eigenvalue weighted by molar-refractivity contribution is 0.0785. The summed E-state index contributed by atoms with van der Waals surface area (Å²) >= 11 is 3.28. The van der Waals surface area contributed by atoms with E-state index in [9.17, 15) is 4.79 Å². The van der Waals surface area contributed by atoms with E-state index in [0.717, 1.165) is 13.1 Å². The van der Waals surface area contributed by atoms with E-state index in [1.807, 2.05) is 4.90 Å². The Bertz CT molecular complexity index is 398. The number of rotatable bonds is 1. The molecular formula is C12H15BrN2O. The highest BCUT2D eigenvalue weighted by Gasteiger charge is 2.29. The van der Waals surface area contributed by atoms with Gasteiger partial charge in [-0.25, -0.2) is 4.98 Å². The second-order valence-corrected chi connectivity index (χ2v) is 5.34. The van der Waals surface area contributed by atoms with Crippen molar-refractivity contribution in [3.63, 3.8) is 0 Å². The summed E-state index contributed by atoms with van der Waals surface area (Å²) in [6.45, 7) is 6.11. The molecule has 1 aliphatic heterocycles. The molecule has 0 aliphatic carbocycles. The molecule has 1 amide bonds. The second kappa shape index (κ2) is 4.53. The van der Waals surface area contributed by atoms with E-state index in [2.05, 4.69) is 34.8 Å². The van der Waals surface area contributed by atoms with Crippen molar-refractivity contribution in [2.24, 2.45) is 11.8 Å². The molecule has 1 aliphatic rings. The van der Waals surface area contributed by atoms with Gasteiger partial charge in [-0.2, -0.15) is 0 Å². The third kappa shape index (κ3) is 2.26. The Labute approximate surface area is 104 Å². The summed E-state index contributed by atoms with van der Waals surface area (Å²) in [6.07, 6.45) is 1.65. The molecule has 1 aromatic heterocycles. The summed E-state index contributed by atoms with van der Waals surface area (Å²) in [6, 6.07) is 3.54. The first-order chi connectivity index (χ1) is 7.58. The van der Waals surface area contributed by atoms with Crippen LogP contribution in [-0.2, 0) is 0 Å². The SMILES string of the molecule is CC1CN(C(=O)c2ccnc(Br)c2)CC1C. The Hall–Kier alpha value is -0.900. The van der Waals surface area contributed by atoms with Gasteiger partial charge < -0.3 is 4.90 Å². The van der Waals surface area contributed by atoms with Crippen LogP contribution >= 0.6 is 15.9 Å². The van der Waals surface area contributed by atoms with E-state index in [-0.39, 0.29) is 5.91 Å². The van der Waals surface area contributed by atoms with Gasteiger partial charge in [0.25, 0.3) is 5.91 Å². The number of aromatic nitrogens is 1. The first kappa shape index (κ1) is 11.6. The normalized spacial score (nSPS) is 24.8. The topological polar surface area (TPSA) is 33.2 Å². The molecule has 2 rings (SSSR count). The van der Waals surface area contributed by atoms with Crippen LogP contribution in [0.5, 0.6) is 0 Å². The van der Waals surface area contributed by atoms with E-state index in [4.69, 9.17) is 0 Å². The van der Waals surface area contributed by atoms with Gasteiger partial charge in [0, 0.05) is 24.8 Å². The fraction of sp³-hybridized carbons (Fsp3) is 0.500. The van der Waals surface area contributed by atoms with Gasteiger partial charge in [0.1, 0.15) is 4.60 Å². The zero-order chi connectivity index (χ0) is 11.7. The van der Waals surface area contributed by atoms with E-state index < -0.39 is 0 Å². The van der Waals surface area contributed by atoms with Gasteiger partial charge in [0.2, 0.25) is 0 Å². The highest BCUT2D eigenvalue weighted by atomic mass is 79.9. The summed E-state index contributed by atoms with van der Waals surface area (Å²) in [5.41, 5.74) is 0.711. The van der Waals surface area contributed by atoms with E-state index in [1.165, 1.54) is 0 Å². The maximum Gasteiger partial charge on any atom is 0.254 e. The molecule has 3 nitrogen and oxygen atoms in total. The van der Waals surface area contributed by atoms with E-state index in [1.54, 1.807) is 18.3 Å². The van der Waals surface area contributed by atoms with Gasteiger partial charge in [0.15, 0.2) is 0 Å². The zero-order valence-corrected chi connectivity index (χ0v) is 11.1. The van der Waals surface area contributed by atoms with Crippen molar-refractivity contribution in [3.8, 4) is 0 Å². The molecule has 2 atom stereocenters. The molecule has 1 saturated heterocycles. The van der Waals surface area contributed by atoms with E-state index in [0.29, 0.717) is 22.0 Å². The molecule has 0 aromatic carbocycles. The first-order valence-corrected chi connectivity index (χ1v) is 6.28. The Kier molecular flexibility index (Phi) is 3.28. The lowest BCUT2D eigenvalue weighted by Crippen LogP contribution is -2.28. The predicted octanol–water partition coefficient (Wildman–Crippen LogP) is 2.57. The van der Waals surface area contributed by atoms with Crippen LogP contribution < -0.4 is 0 Å². The molecule has 0 radical (unpaired) electrons. The van der Waals surface area contributed by atoms with Crippen LogP contribution in [0.15, 0.2) is 22.9 Å². The first-order valence-electron chi connectivity index (χ1n) is 5.48. The van der Waals surface area contributed by atoms with Crippen molar-refractivity contribution >= 4 is 21.8 Å². The Morgan fingerprint density at radius 1 is 1.44 bits per heavy atom. The Balaban J connectivity index is 2.14. The summed E-state index contributed by atoms with van der Waals surface area (Å²) in [5, 5.41) is 0. The summed E-state index contributed by atoms with van der Waals surface area (Å²) in [4.78, 5) is 18.1. The number of hydrogen-bond donors (Lipinski definition) is 0. The smallest absolute Gasteiger partial charge is 0.254 e. The quantitative estimate of drug-likeness (QED) is 0.742. The van der Waals surface area contributed by atoms with Crippen LogP contribution in [0.3, 0.4) is 0 Å². The molecular weight excluding hydrogens is 268 g/mol.